The van der Waals surface area contributed by atoms with Gasteiger partial charge in [0.1, 0.15) is 11.3 Å². The lowest BCUT2D eigenvalue weighted by molar-refractivity contribution is 0.0693. The van der Waals surface area contributed by atoms with E-state index in [9.17, 15) is 4.79 Å². The molecule has 13 heavy (non-hydrogen) atoms. The van der Waals surface area contributed by atoms with Gasteiger partial charge in [-0.05, 0) is 40.5 Å². The molecule has 1 rings (SSSR count). The Morgan fingerprint density at radius 3 is 2.62 bits per heavy atom. The van der Waals surface area contributed by atoms with E-state index in [1.165, 1.54) is 7.11 Å². The van der Waals surface area contributed by atoms with Gasteiger partial charge in [-0.3, -0.25) is 0 Å². The highest BCUT2D eigenvalue weighted by Crippen LogP contribution is 2.30. The van der Waals surface area contributed by atoms with E-state index in [1.54, 1.807) is 6.07 Å². The molecule has 0 spiro atoms. The van der Waals surface area contributed by atoms with E-state index in [1.807, 2.05) is 13.0 Å². The van der Waals surface area contributed by atoms with Crippen LogP contribution in [0, 0.1) is 6.92 Å². The fraction of sp³-hybridized carbons (Fsp3) is 0.222. The summed E-state index contributed by atoms with van der Waals surface area (Å²) in [6.07, 6.45) is 0. The summed E-state index contributed by atoms with van der Waals surface area (Å²) in [5.74, 6) is -0.626. The fourth-order valence-electron chi connectivity index (χ4n) is 1.10. The Kier molecular flexibility index (Phi) is 2.93. The van der Waals surface area contributed by atoms with Gasteiger partial charge in [-0.25, -0.2) is 4.79 Å². The molecule has 0 aliphatic carbocycles. The number of rotatable bonds is 2. The first-order valence-electron chi connectivity index (χ1n) is 3.63. The lowest BCUT2D eigenvalue weighted by atomic mass is 10.1. The van der Waals surface area contributed by atoms with Crippen LogP contribution in [0.15, 0.2) is 16.6 Å². The van der Waals surface area contributed by atoms with Crippen LogP contribution in [0.5, 0.6) is 5.75 Å². The predicted octanol–water partition coefficient (Wildman–Crippen LogP) is 2.46. The maximum atomic E-state index is 10.8. The van der Waals surface area contributed by atoms with E-state index in [0.717, 1.165) is 5.56 Å². The topological polar surface area (TPSA) is 46.5 Å². The van der Waals surface area contributed by atoms with Gasteiger partial charge >= 0.3 is 5.97 Å². The highest BCUT2D eigenvalue weighted by atomic mass is 79.9. The quantitative estimate of drug-likeness (QED) is 0.870. The van der Waals surface area contributed by atoms with Crippen LogP contribution < -0.4 is 4.74 Å². The number of ether oxygens (including phenoxy) is 1. The zero-order chi connectivity index (χ0) is 10.0. The second-order valence-corrected chi connectivity index (χ2v) is 3.49. The lowest BCUT2D eigenvalue weighted by Gasteiger charge is -2.07. The Hall–Kier alpha value is -1.03. The predicted molar refractivity (Wildman–Crippen MR) is 52.4 cm³/mol. The number of carbonyl (C=O) groups is 1. The van der Waals surface area contributed by atoms with Crippen molar-refractivity contribution in [2.45, 2.75) is 6.92 Å². The van der Waals surface area contributed by atoms with Crippen LogP contribution in [0.1, 0.15) is 15.9 Å². The molecule has 0 saturated heterocycles. The summed E-state index contributed by atoms with van der Waals surface area (Å²) in [4.78, 5) is 10.8. The van der Waals surface area contributed by atoms with Crippen molar-refractivity contribution in [1.82, 2.24) is 0 Å². The molecule has 0 heterocycles. The van der Waals surface area contributed by atoms with Gasteiger partial charge in [0.15, 0.2) is 0 Å². The zero-order valence-electron chi connectivity index (χ0n) is 7.30. The van der Waals surface area contributed by atoms with E-state index in [4.69, 9.17) is 9.84 Å². The average Bonchev–Trinajstić information content (AvgIpc) is 2.02. The third-order valence-electron chi connectivity index (χ3n) is 1.62. The molecule has 1 aromatic carbocycles. The Morgan fingerprint density at radius 2 is 2.15 bits per heavy atom. The second kappa shape index (κ2) is 3.79. The molecule has 0 fully saturated rings. The normalized spacial score (nSPS) is 9.77. The first kappa shape index (κ1) is 10.1. The lowest BCUT2D eigenvalue weighted by Crippen LogP contribution is -2.01. The van der Waals surface area contributed by atoms with E-state index in [0.29, 0.717) is 10.2 Å². The third kappa shape index (κ3) is 2.01. The summed E-state index contributed by atoms with van der Waals surface area (Å²) in [7, 11) is 1.45. The Morgan fingerprint density at radius 1 is 1.54 bits per heavy atom. The summed E-state index contributed by atoms with van der Waals surface area (Å²) >= 11 is 3.24. The number of aromatic carboxylic acids is 1. The number of aryl methyl sites for hydroxylation is 1. The second-order valence-electron chi connectivity index (χ2n) is 2.63. The summed E-state index contributed by atoms with van der Waals surface area (Å²) in [5, 5.41) is 8.84. The minimum atomic E-state index is -0.985. The number of benzene rings is 1. The van der Waals surface area contributed by atoms with Gasteiger partial charge in [0, 0.05) is 0 Å². The van der Waals surface area contributed by atoms with Gasteiger partial charge in [0.25, 0.3) is 0 Å². The number of carboxylic acids is 1. The fourth-order valence-corrected chi connectivity index (χ4v) is 1.83. The molecule has 0 bridgehead atoms. The van der Waals surface area contributed by atoms with Crippen LogP contribution in [0.2, 0.25) is 0 Å². The highest BCUT2D eigenvalue weighted by molar-refractivity contribution is 9.10. The van der Waals surface area contributed by atoms with Gasteiger partial charge in [-0.15, -0.1) is 0 Å². The molecule has 1 aromatic rings. The number of hydrogen-bond acceptors (Lipinski definition) is 2. The molecule has 0 aliphatic rings. The zero-order valence-corrected chi connectivity index (χ0v) is 8.88. The van der Waals surface area contributed by atoms with E-state index >= 15 is 0 Å². The molecular formula is C9H9BrO3. The van der Waals surface area contributed by atoms with Crippen LogP contribution in [0.3, 0.4) is 0 Å². The minimum Gasteiger partial charge on any atom is -0.495 e. The molecule has 70 valence electrons. The molecule has 0 radical (unpaired) electrons. The largest absolute Gasteiger partial charge is 0.495 e. The van der Waals surface area contributed by atoms with E-state index in [2.05, 4.69) is 15.9 Å². The maximum Gasteiger partial charge on any atom is 0.339 e. The highest BCUT2D eigenvalue weighted by Gasteiger charge is 2.14. The monoisotopic (exact) mass is 244 g/mol. The van der Waals surface area contributed by atoms with E-state index < -0.39 is 5.97 Å². The average molecular weight is 245 g/mol. The summed E-state index contributed by atoms with van der Waals surface area (Å²) in [6, 6.07) is 3.39. The van der Waals surface area contributed by atoms with Crippen molar-refractivity contribution in [3.05, 3.63) is 27.7 Å². The Balaban J connectivity index is 3.38. The van der Waals surface area contributed by atoms with Gasteiger partial charge in [-0.2, -0.15) is 0 Å². The molecular weight excluding hydrogens is 236 g/mol. The minimum absolute atomic E-state index is 0.175. The van der Waals surface area contributed by atoms with Gasteiger partial charge in [0.05, 0.1) is 11.6 Å². The summed E-state index contributed by atoms with van der Waals surface area (Å²) in [6.45, 7) is 1.83. The molecule has 0 unspecified atom stereocenters. The van der Waals surface area contributed by atoms with Gasteiger partial charge < -0.3 is 9.84 Å². The molecule has 0 amide bonds. The van der Waals surface area contributed by atoms with Crippen LogP contribution in [0.25, 0.3) is 0 Å². The number of carboxylic acid groups (broad SMARTS) is 1. The van der Waals surface area contributed by atoms with Crippen molar-refractivity contribution < 1.29 is 14.6 Å². The molecule has 0 aromatic heterocycles. The van der Waals surface area contributed by atoms with Gasteiger partial charge in [-0.1, -0.05) is 0 Å². The third-order valence-corrected chi connectivity index (χ3v) is 2.21. The first-order chi connectivity index (χ1) is 6.06. The molecule has 1 N–H and O–H groups in total. The number of hydrogen-bond donors (Lipinski definition) is 1. The molecule has 0 saturated carbocycles. The molecule has 4 heteroatoms. The number of halogens is 1. The van der Waals surface area contributed by atoms with Crippen LogP contribution in [0.4, 0.5) is 0 Å². The standard InChI is InChI=1S/C9H9BrO3/c1-5-3-6(9(11)12)8(13-2)7(10)4-5/h3-4H,1-2H3,(H,11,12). The molecule has 0 atom stereocenters. The Labute approximate surface area is 84.5 Å². The van der Waals surface area contributed by atoms with Crippen molar-refractivity contribution in [2.75, 3.05) is 7.11 Å². The van der Waals surface area contributed by atoms with Crippen molar-refractivity contribution in [3.8, 4) is 5.75 Å². The molecule has 0 aliphatic heterocycles. The first-order valence-corrected chi connectivity index (χ1v) is 4.43. The van der Waals surface area contributed by atoms with Crippen molar-refractivity contribution in [2.24, 2.45) is 0 Å². The van der Waals surface area contributed by atoms with Crippen LogP contribution in [-0.4, -0.2) is 18.2 Å². The number of methoxy groups -OCH3 is 1. The van der Waals surface area contributed by atoms with Crippen molar-refractivity contribution >= 4 is 21.9 Å². The van der Waals surface area contributed by atoms with Crippen LogP contribution in [-0.2, 0) is 0 Å². The van der Waals surface area contributed by atoms with Crippen molar-refractivity contribution in [1.29, 1.82) is 0 Å². The van der Waals surface area contributed by atoms with Gasteiger partial charge in [0.2, 0.25) is 0 Å². The smallest absolute Gasteiger partial charge is 0.339 e. The van der Waals surface area contributed by atoms with Crippen LogP contribution >= 0.6 is 15.9 Å². The SMILES string of the molecule is COc1c(Br)cc(C)cc1C(=O)O. The van der Waals surface area contributed by atoms with E-state index in [-0.39, 0.29) is 5.56 Å². The molecule has 3 nitrogen and oxygen atoms in total. The summed E-state index contributed by atoms with van der Waals surface area (Å²) < 4.78 is 5.62. The summed E-state index contributed by atoms with van der Waals surface area (Å²) in [5.41, 5.74) is 1.06. The van der Waals surface area contributed by atoms with Crippen molar-refractivity contribution in [3.63, 3.8) is 0 Å². The maximum absolute atomic E-state index is 10.8. The Bertz CT molecular complexity index is 347.